The van der Waals surface area contributed by atoms with Crippen molar-refractivity contribution < 1.29 is 13.2 Å². The average molecular weight is 235 g/mol. The number of rotatable bonds is 7. The fraction of sp³-hybridized carbons (Fsp3) is 0.900. The number of hydrogen-bond acceptors (Lipinski definition) is 4. The van der Waals surface area contributed by atoms with Crippen LogP contribution in [0.2, 0.25) is 0 Å². The topological polar surface area (TPSA) is 77.2 Å². The predicted molar refractivity (Wildman–Crippen MR) is 61.5 cm³/mol. The molecule has 0 rings (SSSR count). The largest absolute Gasteiger partial charge is 0.319 e. The Labute approximate surface area is 92.2 Å². The number of carbonyl (C=O) groups is 1. The lowest BCUT2D eigenvalue weighted by Gasteiger charge is -2.20. The molecule has 0 aromatic heterocycles. The van der Waals surface area contributed by atoms with Crippen LogP contribution in [-0.2, 0) is 14.6 Å². The molecule has 0 bridgehead atoms. The summed E-state index contributed by atoms with van der Waals surface area (Å²) in [5.74, 6) is -0.107. The molecule has 0 aromatic rings. The van der Waals surface area contributed by atoms with E-state index in [9.17, 15) is 13.2 Å². The molecule has 15 heavy (non-hydrogen) atoms. The maximum Gasteiger partial charge on any atom is 0.153 e. The van der Waals surface area contributed by atoms with Gasteiger partial charge in [0.05, 0.1) is 11.3 Å². The third kappa shape index (κ3) is 5.28. The van der Waals surface area contributed by atoms with Crippen LogP contribution in [0.15, 0.2) is 0 Å². The first kappa shape index (κ1) is 14.6. The Bertz CT molecular complexity index is 307. The first-order valence-corrected chi connectivity index (χ1v) is 7.10. The molecule has 0 spiro atoms. The molecule has 0 aliphatic heterocycles. The quantitative estimate of drug-likeness (QED) is 0.711. The molecule has 0 radical (unpaired) electrons. The molecule has 90 valence electrons. The van der Waals surface area contributed by atoms with E-state index in [1.54, 1.807) is 13.8 Å². The summed E-state index contributed by atoms with van der Waals surface area (Å²) in [6, 6.07) is 0. The lowest BCUT2D eigenvalue weighted by Crippen LogP contribution is -2.44. The molecule has 0 aliphatic carbocycles. The molecular weight excluding hydrogens is 214 g/mol. The van der Waals surface area contributed by atoms with E-state index in [1.807, 2.05) is 6.92 Å². The van der Waals surface area contributed by atoms with Gasteiger partial charge in [-0.1, -0.05) is 13.8 Å². The third-order valence-electron chi connectivity index (χ3n) is 2.53. The van der Waals surface area contributed by atoms with Crippen molar-refractivity contribution in [2.75, 3.05) is 11.5 Å². The second-order valence-corrected chi connectivity index (χ2v) is 6.40. The van der Waals surface area contributed by atoms with Crippen LogP contribution in [-0.4, -0.2) is 31.2 Å². The van der Waals surface area contributed by atoms with Gasteiger partial charge in [-0.2, -0.15) is 0 Å². The van der Waals surface area contributed by atoms with Crippen LogP contribution < -0.4 is 5.73 Å². The molecule has 0 aliphatic rings. The van der Waals surface area contributed by atoms with Crippen molar-refractivity contribution >= 4 is 15.6 Å². The standard InChI is InChI=1S/C10H21NO3S/c1-4-7-15(13,14)8-6-9(12)10(3,11)5-2/h4-8,11H2,1-3H3. The highest BCUT2D eigenvalue weighted by atomic mass is 32.2. The SMILES string of the molecule is CCCS(=O)(=O)CCC(=O)C(C)(N)CC. The second-order valence-electron chi connectivity index (χ2n) is 4.10. The van der Waals surface area contributed by atoms with Gasteiger partial charge in [-0.25, -0.2) is 8.42 Å². The Balaban J connectivity index is 4.24. The van der Waals surface area contributed by atoms with Crippen LogP contribution in [0.4, 0.5) is 0 Å². The van der Waals surface area contributed by atoms with Crippen LogP contribution in [0.5, 0.6) is 0 Å². The summed E-state index contributed by atoms with van der Waals surface area (Å²) in [7, 11) is -3.07. The first-order valence-electron chi connectivity index (χ1n) is 5.27. The fourth-order valence-electron chi connectivity index (χ4n) is 1.14. The van der Waals surface area contributed by atoms with Gasteiger partial charge >= 0.3 is 0 Å². The molecule has 0 aromatic carbocycles. The Morgan fingerprint density at radius 3 is 2.20 bits per heavy atom. The summed E-state index contributed by atoms with van der Waals surface area (Å²) in [5, 5.41) is 0. The Morgan fingerprint density at radius 1 is 1.27 bits per heavy atom. The minimum absolute atomic E-state index is 0.0309. The summed E-state index contributed by atoms with van der Waals surface area (Å²) in [6.45, 7) is 5.26. The molecule has 1 unspecified atom stereocenters. The summed E-state index contributed by atoms with van der Waals surface area (Å²) >= 11 is 0. The van der Waals surface area contributed by atoms with E-state index < -0.39 is 15.4 Å². The Kier molecular flexibility index (Phi) is 5.45. The van der Waals surface area contributed by atoms with Gasteiger partial charge in [-0.05, 0) is 19.8 Å². The van der Waals surface area contributed by atoms with Crippen LogP contribution >= 0.6 is 0 Å². The van der Waals surface area contributed by atoms with Gasteiger partial charge in [0.2, 0.25) is 0 Å². The molecule has 0 saturated heterocycles. The van der Waals surface area contributed by atoms with Crippen molar-refractivity contribution in [3.8, 4) is 0 Å². The van der Waals surface area contributed by atoms with Gasteiger partial charge in [0, 0.05) is 12.2 Å². The van der Waals surface area contributed by atoms with E-state index in [4.69, 9.17) is 5.73 Å². The van der Waals surface area contributed by atoms with E-state index in [0.29, 0.717) is 12.8 Å². The van der Waals surface area contributed by atoms with Crippen LogP contribution in [0, 0.1) is 0 Å². The van der Waals surface area contributed by atoms with Crippen molar-refractivity contribution in [3.63, 3.8) is 0 Å². The zero-order chi connectivity index (χ0) is 12.1. The zero-order valence-electron chi connectivity index (χ0n) is 9.75. The highest BCUT2D eigenvalue weighted by Gasteiger charge is 2.26. The van der Waals surface area contributed by atoms with E-state index >= 15 is 0 Å². The number of sulfone groups is 1. The molecule has 4 nitrogen and oxygen atoms in total. The Morgan fingerprint density at radius 2 is 1.80 bits per heavy atom. The lowest BCUT2D eigenvalue weighted by molar-refractivity contribution is -0.123. The van der Waals surface area contributed by atoms with Gasteiger partial charge < -0.3 is 5.73 Å². The summed E-state index contributed by atoms with van der Waals surface area (Å²) in [4.78, 5) is 11.6. The van der Waals surface area contributed by atoms with E-state index in [1.165, 1.54) is 0 Å². The molecule has 1 atom stereocenters. The first-order chi connectivity index (χ1) is 6.75. The fourth-order valence-corrected chi connectivity index (χ4v) is 2.47. The highest BCUT2D eigenvalue weighted by Crippen LogP contribution is 2.10. The van der Waals surface area contributed by atoms with Gasteiger partial charge in [0.1, 0.15) is 0 Å². The zero-order valence-corrected chi connectivity index (χ0v) is 10.6. The number of ketones is 1. The van der Waals surface area contributed by atoms with Crippen LogP contribution in [0.1, 0.15) is 40.0 Å². The van der Waals surface area contributed by atoms with E-state index in [0.717, 1.165) is 0 Å². The third-order valence-corrected chi connectivity index (χ3v) is 4.38. The highest BCUT2D eigenvalue weighted by molar-refractivity contribution is 7.91. The minimum Gasteiger partial charge on any atom is -0.319 e. The molecule has 0 heterocycles. The molecular formula is C10H21NO3S. The molecule has 2 N–H and O–H groups in total. The molecule has 0 saturated carbocycles. The number of carbonyl (C=O) groups excluding carboxylic acids is 1. The van der Waals surface area contributed by atoms with Crippen molar-refractivity contribution in [2.45, 2.75) is 45.6 Å². The van der Waals surface area contributed by atoms with E-state index in [2.05, 4.69) is 0 Å². The second kappa shape index (κ2) is 5.61. The smallest absolute Gasteiger partial charge is 0.153 e. The van der Waals surface area contributed by atoms with Crippen LogP contribution in [0.3, 0.4) is 0 Å². The van der Waals surface area contributed by atoms with Crippen molar-refractivity contribution in [1.82, 2.24) is 0 Å². The predicted octanol–water partition coefficient (Wildman–Crippen LogP) is 0.898. The average Bonchev–Trinajstić information content (AvgIpc) is 2.14. The number of Topliss-reactive ketones (excluding diaryl/α,β-unsaturated/α-hetero) is 1. The maximum absolute atomic E-state index is 11.6. The minimum atomic E-state index is -3.07. The van der Waals surface area contributed by atoms with Gasteiger partial charge in [0.15, 0.2) is 15.6 Å². The molecule has 5 heteroatoms. The lowest BCUT2D eigenvalue weighted by atomic mass is 9.93. The van der Waals surface area contributed by atoms with Crippen molar-refractivity contribution in [3.05, 3.63) is 0 Å². The van der Waals surface area contributed by atoms with Crippen LogP contribution in [0.25, 0.3) is 0 Å². The van der Waals surface area contributed by atoms with Crippen molar-refractivity contribution in [1.29, 1.82) is 0 Å². The van der Waals surface area contributed by atoms with E-state index in [-0.39, 0.29) is 23.7 Å². The van der Waals surface area contributed by atoms with Gasteiger partial charge in [0.25, 0.3) is 0 Å². The summed E-state index contributed by atoms with van der Waals surface area (Å²) < 4.78 is 22.7. The summed E-state index contributed by atoms with van der Waals surface area (Å²) in [5.41, 5.74) is 4.83. The number of nitrogens with two attached hydrogens (primary N) is 1. The van der Waals surface area contributed by atoms with Gasteiger partial charge in [-0.15, -0.1) is 0 Å². The maximum atomic E-state index is 11.6. The van der Waals surface area contributed by atoms with Gasteiger partial charge in [-0.3, -0.25) is 4.79 Å². The van der Waals surface area contributed by atoms with Crippen molar-refractivity contribution in [2.24, 2.45) is 5.73 Å². The monoisotopic (exact) mass is 235 g/mol. The molecule has 0 fully saturated rings. The molecule has 0 amide bonds. The summed E-state index contributed by atoms with van der Waals surface area (Å²) in [6.07, 6.45) is 1.15. The normalized spacial score (nSPS) is 16.0. The Hall–Kier alpha value is -0.420. The number of hydrogen-bond donors (Lipinski definition) is 1.